The fourth-order valence-electron chi connectivity index (χ4n) is 3.00. The summed E-state index contributed by atoms with van der Waals surface area (Å²) < 4.78 is 0. The molecule has 1 aromatic heterocycles. The van der Waals surface area contributed by atoms with Crippen molar-refractivity contribution in [2.45, 2.75) is 19.4 Å². The second kappa shape index (κ2) is 5.37. The number of hydrogen-bond donors (Lipinski definition) is 2. The lowest BCUT2D eigenvalue weighted by molar-refractivity contribution is 0.213. The number of hydrogen-bond acceptors (Lipinski definition) is 5. The second-order valence-corrected chi connectivity index (χ2v) is 5.65. The Bertz CT molecular complexity index is 711. The molecular weight excluding hydrogens is 266 g/mol. The van der Waals surface area contributed by atoms with Gasteiger partial charge in [0, 0.05) is 25.7 Å². The predicted octanol–water partition coefficient (Wildman–Crippen LogP) is 1.04. The van der Waals surface area contributed by atoms with Crippen molar-refractivity contribution >= 4 is 22.3 Å². The average molecular weight is 287 g/mol. The molecule has 1 atom stereocenters. The van der Waals surface area contributed by atoms with E-state index in [0.29, 0.717) is 22.6 Å². The minimum absolute atomic E-state index is 0.150. The van der Waals surface area contributed by atoms with Crippen LogP contribution in [0.2, 0.25) is 0 Å². The first-order valence-electron chi connectivity index (χ1n) is 7.32. The quantitative estimate of drug-likeness (QED) is 0.807. The van der Waals surface area contributed by atoms with Crippen molar-refractivity contribution in [2.75, 3.05) is 37.3 Å². The van der Waals surface area contributed by atoms with Crippen molar-refractivity contribution in [3.8, 4) is 0 Å². The standard InChI is InChI=1S/C15H21N5O/c1-3-10-8-20(5-4-19(10)2)14-7-13-11(6-12(14)16)15(21)18-9-17-13/h6-7,9-10H,3-5,8,16H2,1-2H3,(H,17,18,21). The number of nitrogen functional groups attached to an aromatic ring is 1. The van der Waals surface area contributed by atoms with E-state index in [1.165, 1.54) is 6.33 Å². The summed E-state index contributed by atoms with van der Waals surface area (Å²) >= 11 is 0. The smallest absolute Gasteiger partial charge is 0.258 e. The summed E-state index contributed by atoms with van der Waals surface area (Å²) in [5, 5.41) is 0.542. The van der Waals surface area contributed by atoms with Gasteiger partial charge in [-0.1, -0.05) is 6.92 Å². The van der Waals surface area contributed by atoms with Crippen molar-refractivity contribution in [1.29, 1.82) is 0 Å². The Kier molecular flexibility index (Phi) is 3.55. The number of H-pyrrole nitrogens is 1. The zero-order chi connectivity index (χ0) is 15.0. The molecule has 2 aromatic rings. The maximum absolute atomic E-state index is 11.8. The molecule has 1 unspecified atom stereocenters. The molecule has 112 valence electrons. The van der Waals surface area contributed by atoms with Gasteiger partial charge in [0.25, 0.3) is 5.56 Å². The molecule has 0 spiro atoms. The zero-order valence-corrected chi connectivity index (χ0v) is 12.5. The first-order valence-corrected chi connectivity index (χ1v) is 7.32. The number of aromatic amines is 1. The number of rotatable bonds is 2. The molecule has 3 rings (SSSR count). The second-order valence-electron chi connectivity index (χ2n) is 5.65. The van der Waals surface area contributed by atoms with Gasteiger partial charge in [0.2, 0.25) is 0 Å². The molecule has 21 heavy (non-hydrogen) atoms. The molecule has 1 saturated heterocycles. The van der Waals surface area contributed by atoms with Crippen LogP contribution in [0.25, 0.3) is 10.9 Å². The summed E-state index contributed by atoms with van der Waals surface area (Å²) in [6.07, 6.45) is 2.54. The van der Waals surface area contributed by atoms with Gasteiger partial charge >= 0.3 is 0 Å². The van der Waals surface area contributed by atoms with E-state index in [-0.39, 0.29) is 5.56 Å². The topological polar surface area (TPSA) is 78.2 Å². The van der Waals surface area contributed by atoms with Crippen LogP contribution < -0.4 is 16.2 Å². The van der Waals surface area contributed by atoms with Crippen LogP contribution in [0.5, 0.6) is 0 Å². The number of nitrogens with zero attached hydrogens (tertiary/aromatic N) is 3. The first kappa shape index (κ1) is 13.9. The molecular formula is C15H21N5O. The number of piperazine rings is 1. The van der Waals surface area contributed by atoms with Crippen molar-refractivity contribution in [1.82, 2.24) is 14.9 Å². The van der Waals surface area contributed by atoms with Gasteiger partial charge in [0.15, 0.2) is 0 Å². The van der Waals surface area contributed by atoms with Gasteiger partial charge in [0.05, 0.1) is 28.6 Å². The summed E-state index contributed by atoms with van der Waals surface area (Å²) in [7, 11) is 2.16. The van der Waals surface area contributed by atoms with E-state index in [0.717, 1.165) is 31.7 Å². The zero-order valence-electron chi connectivity index (χ0n) is 12.5. The van der Waals surface area contributed by atoms with Crippen LogP contribution in [0.1, 0.15) is 13.3 Å². The number of benzene rings is 1. The summed E-state index contributed by atoms with van der Waals surface area (Å²) in [4.78, 5) is 23.3. The van der Waals surface area contributed by atoms with E-state index in [1.807, 2.05) is 6.07 Å². The molecule has 0 bridgehead atoms. The highest BCUT2D eigenvalue weighted by Crippen LogP contribution is 2.29. The average Bonchev–Trinajstić information content (AvgIpc) is 2.48. The number of nitrogens with one attached hydrogen (secondary N) is 1. The van der Waals surface area contributed by atoms with E-state index >= 15 is 0 Å². The van der Waals surface area contributed by atoms with Crippen LogP contribution in [0.4, 0.5) is 11.4 Å². The van der Waals surface area contributed by atoms with Crippen LogP contribution in [-0.4, -0.2) is 47.6 Å². The van der Waals surface area contributed by atoms with Crippen molar-refractivity contribution in [3.63, 3.8) is 0 Å². The normalized spacial score (nSPS) is 20.1. The van der Waals surface area contributed by atoms with Gasteiger partial charge in [0.1, 0.15) is 0 Å². The first-order chi connectivity index (χ1) is 10.1. The predicted molar refractivity (Wildman–Crippen MR) is 85.7 cm³/mol. The highest BCUT2D eigenvalue weighted by Gasteiger charge is 2.24. The third-order valence-electron chi connectivity index (χ3n) is 4.38. The largest absolute Gasteiger partial charge is 0.397 e. The number of likely N-dealkylation sites (N-methyl/N-ethyl adjacent to an activating group) is 1. The lowest BCUT2D eigenvalue weighted by Gasteiger charge is -2.40. The van der Waals surface area contributed by atoms with Crippen LogP contribution in [0.15, 0.2) is 23.3 Å². The molecule has 1 aromatic carbocycles. The van der Waals surface area contributed by atoms with Crippen molar-refractivity contribution in [2.24, 2.45) is 0 Å². The molecule has 0 saturated carbocycles. The number of nitrogens with two attached hydrogens (primary N) is 1. The fourth-order valence-corrected chi connectivity index (χ4v) is 3.00. The Hall–Kier alpha value is -2.08. The monoisotopic (exact) mass is 287 g/mol. The molecule has 6 nitrogen and oxygen atoms in total. The Morgan fingerprint density at radius 1 is 1.43 bits per heavy atom. The van der Waals surface area contributed by atoms with E-state index in [4.69, 9.17) is 5.73 Å². The molecule has 0 radical (unpaired) electrons. The minimum atomic E-state index is -0.150. The maximum atomic E-state index is 11.8. The lowest BCUT2D eigenvalue weighted by atomic mass is 10.1. The van der Waals surface area contributed by atoms with Gasteiger partial charge in [-0.25, -0.2) is 4.98 Å². The molecule has 6 heteroatoms. The third-order valence-corrected chi connectivity index (χ3v) is 4.38. The lowest BCUT2D eigenvalue weighted by Crippen LogP contribution is -2.51. The minimum Gasteiger partial charge on any atom is -0.397 e. The van der Waals surface area contributed by atoms with E-state index in [1.54, 1.807) is 6.07 Å². The van der Waals surface area contributed by atoms with E-state index in [2.05, 4.69) is 33.7 Å². The fraction of sp³-hybridized carbons (Fsp3) is 0.467. The summed E-state index contributed by atoms with van der Waals surface area (Å²) in [6.45, 7) is 5.10. The van der Waals surface area contributed by atoms with E-state index < -0.39 is 0 Å². The Labute approximate surface area is 123 Å². The summed E-state index contributed by atoms with van der Waals surface area (Å²) in [6, 6.07) is 4.19. The molecule has 0 aliphatic carbocycles. The molecule has 0 amide bonds. The Morgan fingerprint density at radius 3 is 3.00 bits per heavy atom. The van der Waals surface area contributed by atoms with E-state index in [9.17, 15) is 4.79 Å². The molecule has 1 fully saturated rings. The van der Waals surface area contributed by atoms with Gasteiger partial charge in [-0.3, -0.25) is 9.69 Å². The Morgan fingerprint density at radius 2 is 2.24 bits per heavy atom. The SMILES string of the molecule is CCC1CN(c2cc3nc[nH]c(=O)c3cc2N)CCN1C. The highest BCUT2D eigenvalue weighted by atomic mass is 16.1. The summed E-state index contributed by atoms with van der Waals surface area (Å²) in [5.74, 6) is 0. The molecule has 1 aliphatic rings. The van der Waals surface area contributed by atoms with Gasteiger partial charge < -0.3 is 15.6 Å². The van der Waals surface area contributed by atoms with Crippen LogP contribution in [0.3, 0.4) is 0 Å². The van der Waals surface area contributed by atoms with Gasteiger partial charge in [-0.05, 0) is 25.6 Å². The van der Waals surface area contributed by atoms with Crippen LogP contribution >= 0.6 is 0 Å². The number of anilines is 2. The highest BCUT2D eigenvalue weighted by molar-refractivity contribution is 5.88. The van der Waals surface area contributed by atoms with Crippen molar-refractivity contribution in [3.05, 3.63) is 28.8 Å². The van der Waals surface area contributed by atoms with Gasteiger partial charge in [-0.2, -0.15) is 0 Å². The number of aromatic nitrogens is 2. The summed E-state index contributed by atoms with van der Waals surface area (Å²) in [5.41, 5.74) is 8.33. The number of fused-ring (bicyclic) bond motifs is 1. The van der Waals surface area contributed by atoms with Crippen molar-refractivity contribution < 1.29 is 0 Å². The van der Waals surface area contributed by atoms with Gasteiger partial charge in [-0.15, -0.1) is 0 Å². The third kappa shape index (κ3) is 2.47. The molecule has 2 heterocycles. The molecule has 3 N–H and O–H groups in total. The van der Waals surface area contributed by atoms with Crippen LogP contribution in [0, 0.1) is 0 Å². The van der Waals surface area contributed by atoms with Crippen LogP contribution in [-0.2, 0) is 0 Å². The maximum Gasteiger partial charge on any atom is 0.258 e. The molecule has 1 aliphatic heterocycles. The Balaban J connectivity index is 2.01.